The fraction of sp³-hybridized carbons (Fsp3) is 0.308. The zero-order valence-corrected chi connectivity index (χ0v) is 10.8. The zero-order chi connectivity index (χ0) is 13.9. The Morgan fingerprint density at radius 1 is 1.35 bits per heavy atom. The summed E-state index contributed by atoms with van der Waals surface area (Å²) >= 11 is 0. The molecular weight excluding hydrogens is 260 g/mol. The number of morpholine rings is 1. The lowest BCUT2D eigenvalue weighted by molar-refractivity contribution is -0.384. The first kappa shape index (κ1) is 12.6. The Labute approximate surface area is 115 Å². The number of aromatic nitrogens is 2. The van der Waals surface area contributed by atoms with Crippen LogP contribution in [-0.2, 0) is 4.74 Å². The second kappa shape index (κ2) is 5.30. The van der Waals surface area contributed by atoms with Gasteiger partial charge in [-0.3, -0.25) is 15.2 Å². The number of hydrogen-bond acceptors (Lipinski definition) is 5. The molecule has 1 aromatic heterocycles. The van der Waals surface area contributed by atoms with E-state index >= 15 is 0 Å². The van der Waals surface area contributed by atoms with Gasteiger partial charge in [-0.25, -0.2) is 0 Å². The molecule has 1 aliphatic rings. The topological polar surface area (TPSA) is 84.3 Å². The molecule has 0 spiro atoms. The standard InChI is InChI=1S/C13H14N4O3/c18-17(19)11-1-2-13(16-3-5-20-6-4-16)12(7-11)10-8-14-15-9-10/h1-2,7-9H,3-6H2,(H,14,15). The van der Waals surface area contributed by atoms with Crippen LogP contribution in [0.5, 0.6) is 0 Å². The van der Waals surface area contributed by atoms with Gasteiger partial charge in [0.05, 0.1) is 24.3 Å². The molecule has 1 aromatic carbocycles. The van der Waals surface area contributed by atoms with Crippen molar-refractivity contribution in [2.45, 2.75) is 0 Å². The van der Waals surface area contributed by atoms with Gasteiger partial charge in [-0.1, -0.05) is 0 Å². The van der Waals surface area contributed by atoms with Gasteiger partial charge in [0.2, 0.25) is 0 Å². The number of anilines is 1. The van der Waals surface area contributed by atoms with E-state index in [1.165, 1.54) is 6.07 Å². The molecule has 0 amide bonds. The quantitative estimate of drug-likeness (QED) is 0.681. The van der Waals surface area contributed by atoms with Gasteiger partial charge in [-0.15, -0.1) is 0 Å². The van der Waals surface area contributed by atoms with Crippen molar-refractivity contribution in [1.82, 2.24) is 10.2 Å². The normalized spacial score (nSPS) is 15.3. The van der Waals surface area contributed by atoms with Crippen molar-refractivity contribution in [2.24, 2.45) is 0 Å². The Morgan fingerprint density at radius 2 is 2.15 bits per heavy atom. The van der Waals surface area contributed by atoms with Gasteiger partial charge in [-0.05, 0) is 6.07 Å². The smallest absolute Gasteiger partial charge is 0.270 e. The number of nitrogens with one attached hydrogen (secondary N) is 1. The van der Waals surface area contributed by atoms with Crippen LogP contribution < -0.4 is 4.90 Å². The summed E-state index contributed by atoms with van der Waals surface area (Å²) in [6.07, 6.45) is 3.41. The highest BCUT2D eigenvalue weighted by atomic mass is 16.6. The molecule has 0 bridgehead atoms. The largest absolute Gasteiger partial charge is 0.378 e. The van der Waals surface area contributed by atoms with Crippen LogP contribution in [0, 0.1) is 10.1 Å². The maximum Gasteiger partial charge on any atom is 0.270 e. The SMILES string of the molecule is O=[N+]([O-])c1ccc(N2CCOCC2)c(-c2cn[nH]c2)c1. The van der Waals surface area contributed by atoms with Crippen molar-refractivity contribution >= 4 is 11.4 Å². The third-order valence-electron chi connectivity index (χ3n) is 3.35. The molecule has 1 aliphatic heterocycles. The van der Waals surface area contributed by atoms with E-state index in [-0.39, 0.29) is 10.6 Å². The molecule has 2 heterocycles. The number of nitro benzene ring substituents is 1. The summed E-state index contributed by atoms with van der Waals surface area (Å²) in [7, 11) is 0. The van der Waals surface area contributed by atoms with Gasteiger partial charge >= 0.3 is 0 Å². The van der Waals surface area contributed by atoms with Gasteiger partial charge in [0.1, 0.15) is 0 Å². The molecule has 7 nitrogen and oxygen atoms in total. The number of non-ortho nitro benzene ring substituents is 1. The molecule has 1 N–H and O–H groups in total. The number of hydrogen-bond donors (Lipinski definition) is 1. The number of ether oxygens (including phenoxy) is 1. The third-order valence-corrected chi connectivity index (χ3v) is 3.35. The van der Waals surface area contributed by atoms with Crippen LogP contribution in [0.1, 0.15) is 0 Å². The van der Waals surface area contributed by atoms with Gasteiger partial charge in [0.15, 0.2) is 0 Å². The third kappa shape index (κ3) is 2.35. The Morgan fingerprint density at radius 3 is 2.80 bits per heavy atom. The fourth-order valence-electron chi connectivity index (χ4n) is 2.35. The highest BCUT2D eigenvalue weighted by Crippen LogP contribution is 2.34. The molecule has 0 atom stereocenters. The molecule has 0 saturated carbocycles. The second-order valence-corrected chi connectivity index (χ2v) is 4.54. The van der Waals surface area contributed by atoms with Crippen LogP contribution in [-0.4, -0.2) is 41.4 Å². The summed E-state index contributed by atoms with van der Waals surface area (Å²) in [4.78, 5) is 12.8. The van der Waals surface area contributed by atoms with Gasteiger partial charge in [0.25, 0.3) is 5.69 Å². The number of aromatic amines is 1. The van der Waals surface area contributed by atoms with Crippen molar-refractivity contribution in [1.29, 1.82) is 0 Å². The minimum absolute atomic E-state index is 0.0817. The molecular formula is C13H14N4O3. The number of rotatable bonds is 3. The van der Waals surface area contributed by atoms with Crippen LogP contribution in [0.4, 0.5) is 11.4 Å². The van der Waals surface area contributed by atoms with Gasteiger partial charge < -0.3 is 9.64 Å². The summed E-state index contributed by atoms with van der Waals surface area (Å²) < 4.78 is 5.35. The number of H-pyrrole nitrogens is 1. The van der Waals surface area contributed by atoms with E-state index in [4.69, 9.17) is 4.74 Å². The van der Waals surface area contributed by atoms with E-state index in [9.17, 15) is 10.1 Å². The summed E-state index contributed by atoms with van der Waals surface area (Å²) in [6.45, 7) is 2.90. The van der Waals surface area contributed by atoms with Crippen LogP contribution in [0.15, 0.2) is 30.6 Å². The summed E-state index contributed by atoms with van der Waals surface area (Å²) in [5.74, 6) is 0. The van der Waals surface area contributed by atoms with E-state index in [2.05, 4.69) is 15.1 Å². The number of nitrogens with zero attached hydrogens (tertiary/aromatic N) is 3. The monoisotopic (exact) mass is 274 g/mol. The van der Waals surface area contributed by atoms with Crippen LogP contribution >= 0.6 is 0 Å². The molecule has 3 rings (SSSR count). The lowest BCUT2D eigenvalue weighted by Crippen LogP contribution is -2.36. The van der Waals surface area contributed by atoms with E-state index in [0.29, 0.717) is 13.2 Å². The molecule has 20 heavy (non-hydrogen) atoms. The van der Waals surface area contributed by atoms with Crippen LogP contribution in [0.2, 0.25) is 0 Å². The molecule has 1 saturated heterocycles. The average Bonchev–Trinajstić information content (AvgIpc) is 3.01. The maximum absolute atomic E-state index is 11.0. The molecule has 0 unspecified atom stereocenters. The minimum Gasteiger partial charge on any atom is -0.378 e. The second-order valence-electron chi connectivity index (χ2n) is 4.54. The number of nitro groups is 1. The van der Waals surface area contributed by atoms with Crippen LogP contribution in [0.25, 0.3) is 11.1 Å². The number of benzene rings is 1. The molecule has 7 heteroatoms. The fourth-order valence-corrected chi connectivity index (χ4v) is 2.35. The molecule has 0 aliphatic carbocycles. The first-order valence-electron chi connectivity index (χ1n) is 6.36. The maximum atomic E-state index is 11.0. The molecule has 2 aromatic rings. The Hall–Kier alpha value is -2.41. The molecule has 1 fully saturated rings. The first-order chi connectivity index (χ1) is 9.75. The van der Waals surface area contributed by atoms with Crippen molar-refractivity contribution in [3.63, 3.8) is 0 Å². The predicted octanol–water partition coefficient (Wildman–Crippen LogP) is 1.82. The van der Waals surface area contributed by atoms with Crippen molar-refractivity contribution < 1.29 is 9.66 Å². The molecule has 0 radical (unpaired) electrons. The molecule has 104 valence electrons. The average molecular weight is 274 g/mol. The first-order valence-corrected chi connectivity index (χ1v) is 6.36. The lowest BCUT2D eigenvalue weighted by Gasteiger charge is -2.30. The lowest BCUT2D eigenvalue weighted by atomic mass is 10.0. The van der Waals surface area contributed by atoms with Gasteiger partial charge in [-0.2, -0.15) is 5.10 Å². The van der Waals surface area contributed by atoms with E-state index in [1.807, 2.05) is 0 Å². The van der Waals surface area contributed by atoms with Crippen molar-refractivity contribution in [3.05, 3.63) is 40.7 Å². The summed E-state index contributed by atoms with van der Waals surface area (Å²) in [5.41, 5.74) is 2.71. The summed E-state index contributed by atoms with van der Waals surface area (Å²) in [5, 5.41) is 17.6. The van der Waals surface area contributed by atoms with Crippen LogP contribution in [0.3, 0.4) is 0 Å². The highest BCUT2D eigenvalue weighted by molar-refractivity contribution is 5.80. The Bertz CT molecular complexity index is 606. The highest BCUT2D eigenvalue weighted by Gasteiger charge is 2.19. The van der Waals surface area contributed by atoms with E-state index in [1.54, 1.807) is 24.5 Å². The van der Waals surface area contributed by atoms with E-state index in [0.717, 1.165) is 29.9 Å². The Kier molecular flexibility index (Phi) is 3.34. The van der Waals surface area contributed by atoms with Gasteiger partial charge in [0, 0.05) is 48.2 Å². The Balaban J connectivity index is 2.06. The predicted molar refractivity (Wildman–Crippen MR) is 73.7 cm³/mol. The van der Waals surface area contributed by atoms with Crippen molar-refractivity contribution in [2.75, 3.05) is 31.2 Å². The van der Waals surface area contributed by atoms with E-state index < -0.39 is 0 Å². The summed E-state index contributed by atoms with van der Waals surface area (Å²) in [6, 6.07) is 4.93. The zero-order valence-electron chi connectivity index (χ0n) is 10.8. The minimum atomic E-state index is -0.382. The van der Waals surface area contributed by atoms with Crippen molar-refractivity contribution in [3.8, 4) is 11.1 Å².